The molecule has 2 heterocycles. The summed E-state index contributed by atoms with van der Waals surface area (Å²) in [4.78, 5) is 9.82. The van der Waals surface area contributed by atoms with Crippen LogP contribution in [0.5, 0.6) is 5.75 Å². The van der Waals surface area contributed by atoms with Crippen LogP contribution in [-0.4, -0.2) is 54.9 Å². The lowest BCUT2D eigenvalue weighted by molar-refractivity contribution is -0.153. The van der Waals surface area contributed by atoms with Gasteiger partial charge in [0.2, 0.25) is 0 Å². The van der Waals surface area contributed by atoms with Crippen molar-refractivity contribution in [3.63, 3.8) is 0 Å². The lowest BCUT2D eigenvalue weighted by atomic mass is 10.2. The number of hydrogen-bond acceptors (Lipinski definition) is 4. The Bertz CT molecular complexity index is 522. The highest BCUT2D eigenvalue weighted by Gasteiger charge is 2.28. The molecule has 130 valence electrons. The molecule has 0 amide bonds. The minimum atomic E-state index is -4.40. The minimum Gasteiger partial charge on any atom is -0.482 e. The Kier molecular flexibility index (Phi) is 7.82. The number of nitrogens with two attached hydrogens (primary N) is 1. The Morgan fingerprint density at radius 2 is 2.09 bits per heavy atom. The van der Waals surface area contributed by atoms with Gasteiger partial charge in [0.15, 0.2) is 12.6 Å². The molecule has 10 heteroatoms. The Morgan fingerprint density at radius 1 is 1.39 bits per heavy atom. The van der Waals surface area contributed by atoms with Crippen LogP contribution in [0.25, 0.3) is 0 Å². The van der Waals surface area contributed by atoms with E-state index in [-0.39, 0.29) is 36.3 Å². The number of nitrogens with zero attached hydrogens (tertiary/aromatic N) is 3. The van der Waals surface area contributed by atoms with Crippen molar-refractivity contribution in [3.05, 3.63) is 24.0 Å². The fourth-order valence-electron chi connectivity index (χ4n) is 1.89. The van der Waals surface area contributed by atoms with Crippen molar-refractivity contribution in [2.45, 2.75) is 12.7 Å². The SMILES string of the molecule is I.NC(=NCc1ccncc1OCC(F)(F)F)N1CCOCC1. The summed E-state index contributed by atoms with van der Waals surface area (Å²) >= 11 is 0. The van der Waals surface area contributed by atoms with Crippen LogP contribution >= 0.6 is 24.0 Å². The van der Waals surface area contributed by atoms with Crippen molar-refractivity contribution in [2.75, 3.05) is 32.9 Å². The van der Waals surface area contributed by atoms with Gasteiger partial charge in [-0.15, -0.1) is 24.0 Å². The summed E-state index contributed by atoms with van der Waals surface area (Å²) < 4.78 is 46.6. The van der Waals surface area contributed by atoms with Crippen molar-refractivity contribution >= 4 is 29.9 Å². The average Bonchev–Trinajstić information content (AvgIpc) is 2.51. The molecule has 0 unspecified atom stereocenters. The van der Waals surface area contributed by atoms with Crippen LogP contribution < -0.4 is 10.5 Å². The van der Waals surface area contributed by atoms with Crippen molar-refractivity contribution in [1.29, 1.82) is 0 Å². The van der Waals surface area contributed by atoms with E-state index in [1.807, 2.05) is 4.90 Å². The normalized spacial score (nSPS) is 16.0. The monoisotopic (exact) mass is 446 g/mol. The van der Waals surface area contributed by atoms with Crippen LogP contribution in [-0.2, 0) is 11.3 Å². The van der Waals surface area contributed by atoms with Gasteiger partial charge in [0.05, 0.1) is 26.0 Å². The maximum Gasteiger partial charge on any atom is 0.422 e. The first-order valence-electron chi connectivity index (χ1n) is 6.71. The summed E-state index contributed by atoms with van der Waals surface area (Å²) in [5, 5.41) is 0. The maximum atomic E-state index is 12.2. The lowest BCUT2D eigenvalue weighted by Gasteiger charge is -2.27. The molecule has 0 atom stereocenters. The number of pyridine rings is 1. The van der Waals surface area contributed by atoms with Gasteiger partial charge in [0.1, 0.15) is 5.75 Å². The topological polar surface area (TPSA) is 73.0 Å². The Labute approximate surface area is 148 Å². The van der Waals surface area contributed by atoms with Gasteiger partial charge in [-0.3, -0.25) is 4.98 Å². The number of ether oxygens (including phenoxy) is 2. The molecule has 1 aromatic rings. The van der Waals surface area contributed by atoms with Crippen molar-refractivity contribution < 1.29 is 22.6 Å². The molecule has 0 spiro atoms. The summed E-state index contributed by atoms with van der Waals surface area (Å²) in [6.45, 7) is 1.19. The number of alkyl halides is 3. The number of hydrogen-bond donors (Lipinski definition) is 1. The van der Waals surface area contributed by atoms with Crippen molar-refractivity contribution in [3.8, 4) is 5.75 Å². The Balaban J connectivity index is 0.00000264. The zero-order valence-electron chi connectivity index (χ0n) is 12.3. The summed E-state index contributed by atoms with van der Waals surface area (Å²) in [7, 11) is 0. The lowest BCUT2D eigenvalue weighted by Crippen LogP contribution is -2.44. The van der Waals surface area contributed by atoms with Gasteiger partial charge in [-0.2, -0.15) is 13.2 Å². The molecule has 0 saturated carbocycles. The van der Waals surface area contributed by atoms with Crippen LogP contribution in [0.15, 0.2) is 23.5 Å². The predicted octanol–water partition coefficient (Wildman–Crippen LogP) is 1.79. The second-order valence-electron chi connectivity index (χ2n) is 4.66. The van der Waals surface area contributed by atoms with Crippen LogP contribution in [0.2, 0.25) is 0 Å². The predicted molar refractivity (Wildman–Crippen MR) is 88.9 cm³/mol. The highest BCUT2D eigenvalue weighted by molar-refractivity contribution is 14.0. The molecular formula is C13H18F3IN4O2. The molecule has 0 aromatic carbocycles. The van der Waals surface area contributed by atoms with Gasteiger partial charge in [-0.05, 0) is 6.07 Å². The minimum absolute atomic E-state index is 0. The average molecular weight is 446 g/mol. The van der Waals surface area contributed by atoms with Crippen molar-refractivity contribution in [2.24, 2.45) is 10.7 Å². The highest BCUT2D eigenvalue weighted by atomic mass is 127. The first-order chi connectivity index (χ1) is 10.5. The van der Waals surface area contributed by atoms with Crippen LogP contribution in [0, 0.1) is 0 Å². The van der Waals surface area contributed by atoms with Gasteiger partial charge in [0, 0.05) is 24.8 Å². The molecule has 23 heavy (non-hydrogen) atoms. The van der Waals surface area contributed by atoms with Crippen LogP contribution in [0.3, 0.4) is 0 Å². The molecule has 1 aliphatic rings. The summed E-state index contributed by atoms with van der Waals surface area (Å²) in [6.07, 6.45) is -1.69. The van der Waals surface area contributed by atoms with Crippen LogP contribution in [0.1, 0.15) is 5.56 Å². The van der Waals surface area contributed by atoms with Gasteiger partial charge < -0.3 is 20.1 Å². The molecule has 6 nitrogen and oxygen atoms in total. The highest BCUT2D eigenvalue weighted by Crippen LogP contribution is 2.21. The standard InChI is InChI=1S/C13H17F3N4O2.HI/c14-13(15,16)9-22-11-8-18-2-1-10(11)7-19-12(17)20-3-5-21-6-4-20;/h1-2,8H,3-7,9H2,(H2,17,19);1H. The number of aromatic nitrogens is 1. The summed E-state index contributed by atoms with van der Waals surface area (Å²) in [5.41, 5.74) is 6.37. The van der Waals surface area contributed by atoms with Crippen LogP contribution in [0.4, 0.5) is 13.2 Å². The second kappa shape index (κ2) is 9.11. The van der Waals surface area contributed by atoms with E-state index >= 15 is 0 Å². The molecule has 2 rings (SSSR count). The molecular weight excluding hydrogens is 428 g/mol. The first-order valence-corrected chi connectivity index (χ1v) is 6.71. The Morgan fingerprint density at radius 3 is 2.74 bits per heavy atom. The van der Waals surface area contributed by atoms with Crippen molar-refractivity contribution in [1.82, 2.24) is 9.88 Å². The third-order valence-electron chi connectivity index (χ3n) is 3.01. The number of morpholine rings is 1. The first kappa shape index (κ1) is 19.7. The van der Waals surface area contributed by atoms with E-state index in [9.17, 15) is 13.2 Å². The summed E-state index contributed by atoms with van der Waals surface area (Å²) in [5.74, 6) is 0.389. The third kappa shape index (κ3) is 6.77. The molecule has 1 saturated heterocycles. The third-order valence-corrected chi connectivity index (χ3v) is 3.01. The van der Waals surface area contributed by atoms with E-state index < -0.39 is 12.8 Å². The van der Waals surface area contributed by atoms with Gasteiger partial charge in [0.25, 0.3) is 0 Å². The van der Waals surface area contributed by atoms with E-state index in [2.05, 4.69) is 9.98 Å². The quantitative estimate of drug-likeness (QED) is 0.434. The number of rotatable bonds is 4. The van der Waals surface area contributed by atoms with E-state index in [0.29, 0.717) is 37.8 Å². The molecule has 2 N–H and O–H groups in total. The Hall–Kier alpha value is -1.30. The van der Waals surface area contributed by atoms with E-state index in [1.165, 1.54) is 12.4 Å². The maximum absolute atomic E-state index is 12.2. The fourth-order valence-corrected chi connectivity index (χ4v) is 1.89. The van der Waals surface area contributed by atoms with Gasteiger partial charge >= 0.3 is 6.18 Å². The fraction of sp³-hybridized carbons (Fsp3) is 0.538. The molecule has 0 aliphatic carbocycles. The molecule has 1 aliphatic heterocycles. The number of guanidine groups is 1. The molecule has 0 radical (unpaired) electrons. The van der Waals surface area contributed by atoms with E-state index in [1.54, 1.807) is 6.07 Å². The zero-order valence-corrected chi connectivity index (χ0v) is 14.6. The smallest absolute Gasteiger partial charge is 0.422 e. The number of halogens is 4. The van der Waals surface area contributed by atoms with E-state index in [4.69, 9.17) is 15.2 Å². The zero-order chi connectivity index (χ0) is 16.0. The molecule has 0 bridgehead atoms. The van der Waals surface area contributed by atoms with Gasteiger partial charge in [-0.1, -0.05) is 0 Å². The number of aliphatic imine (C=N–C) groups is 1. The second-order valence-corrected chi connectivity index (χ2v) is 4.66. The molecule has 1 aromatic heterocycles. The van der Waals surface area contributed by atoms with Gasteiger partial charge in [-0.25, -0.2) is 4.99 Å². The van der Waals surface area contributed by atoms with E-state index in [0.717, 1.165) is 0 Å². The largest absolute Gasteiger partial charge is 0.482 e. The summed E-state index contributed by atoms with van der Waals surface area (Å²) in [6, 6.07) is 1.56. The molecule has 1 fully saturated rings.